The van der Waals surface area contributed by atoms with E-state index in [4.69, 9.17) is 10.5 Å². The van der Waals surface area contributed by atoms with Gasteiger partial charge in [0.15, 0.2) is 0 Å². The lowest BCUT2D eigenvalue weighted by Gasteiger charge is -2.08. The minimum atomic E-state index is -0.275. The molecule has 94 valence electrons. The van der Waals surface area contributed by atoms with Crippen molar-refractivity contribution in [2.24, 2.45) is 0 Å². The van der Waals surface area contributed by atoms with Crippen LogP contribution in [0.25, 0.3) is 10.9 Å². The van der Waals surface area contributed by atoms with Crippen LogP contribution in [0.3, 0.4) is 0 Å². The molecule has 0 aliphatic carbocycles. The second kappa shape index (κ2) is 4.41. The molecule has 0 unspecified atom stereocenters. The molecule has 6 heteroatoms. The van der Waals surface area contributed by atoms with E-state index in [-0.39, 0.29) is 11.4 Å². The van der Waals surface area contributed by atoms with E-state index in [2.05, 4.69) is 15.0 Å². The molecular formula is C13H10N4O2. The standard InChI is InChI=1S/C13H10N4O2/c14-9-3-4-10(8-2-1-5-15-13(8)9)19-12-6-11(18)16-7-17-12/h1-7H,14H2,(H,16,17,18). The van der Waals surface area contributed by atoms with E-state index in [1.54, 1.807) is 24.4 Å². The Bertz CT molecular complexity index is 798. The molecule has 0 saturated carbocycles. The van der Waals surface area contributed by atoms with Crippen LogP contribution < -0.4 is 16.0 Å². The largest absolute Gasteiger partial charge is 0.438 e. The summed E-state index contributed by atoms with van der Waals surface area (Å²) < 4.78 is 5.60. The van der Waals surface area contributed by atoms with Crippen molar-refractivity contribution in [2.45, 2.75) is 0 Å². The highest BCUT2D eigenvalue weighted by Crippen LogP contribution is 2.30. The van der Waals surface area contributed by atoms with Crippen LogP contribution in [0.1, 0.15) is 0 Å². The Labute approximate surface area is 107 Å². The highest BCUT2D eigenvalue weighted by molar-refractivity contribution is 5.93. The number of nitrogen functional groups attached to an aromatic ring is 1. The Balaban J connectivity index is 2.11. The van der Waals surface area contributed by atoms with Crippen LogP contribution in [-0.2, 0) is 0 Å². The first-order valence-corrected chi connectivity index (χ1v) is 5.60. The minimum absolute atomic E-state index is 0.221. The van der Waals surface area contributed by atoms with Gasteiger partial charge in [-0.2, -0.15) is 0 Å². The van der Waals surface area contributed by atoms with Crippen LogP contribution in [0.5, 0.6) is 11.6 Å². The van der Waals surface area contributed by atoms with Gasteiger partial charge in [-0.15, -0.1) is 0 Å². The number of nitrogens with one attached hydrogen (secondary N) is 1. The normalized spacial score (nSPS) is 10.5. The van der Waals surface area contributed by atoms with Gasteiger partial charge in [-0.3, -0.25) is 9.78 Å². The molecule has 2 aromatic heterocycles. The molecule has 3 N–H and O–H groups in total. The fourth-order valence-electron chi connectivity index (χ4n) is 1.78. The molecule has 3 rings (SSSR count). The van der Waals surface area contributed by atoms with E-state index < -0.39 is 0 Å². The Kier molecular flexibility index (Phi) is 2.60. The number of nitrogens with two attached hydrogens (primary N) is 1. The molecule has 19 heavy (non-hydrogen) atoms. The molecule has 6 nitrogen and oxygen atoms in total. The van der Waals surface area contributed by atoms with Gasteiger partial charge >= 0.3 is 0 Å². The third kappa shape index (κ3) is 2.11. The second-order valence-corrected chi connectivity index (χ2v) is 3.90. The van der Waals surface area contributed by atoms with Gasteiger partial charge in [0, 0.05) is 11.6 Å². The summed E-state index contributed by atoms with van der Waals surface area (Å²) in [5.41, 5.74) is 6.81. The summed E-state index contributed by atoms with van der Waals surface area (Å²) in [5.74, 6) is 0.772. The summed E-state index contributed by atoms with van der Waals surface area (Å²) in [5, 5.41) is 0.768. The zero-order chi connectivity index (χ0) is 13.2. The average molecular weight is 254 g/mol. The average Bonchev–Trinajstić information content (AvgIpc) is 2.42. The van der Waals surface area contributed by atoms with E-state index in [0.717, 1.165) is 5.39 Å². The fourth-order valence-corrected chi connectivity index (χ4v) is 1.78. The monoisotopic (exact) mass is 254 g/mol. The van der Waals surface area contributed by atoms with Crippen molar-refractivity contribution in [3.63, 3.8) is 0 Å². The number of pyridine rings is 1. The number of anilines is 1. The molecule has 0 saturated heterocycles. The lowest BCUT2D eigenvalue weighted by Crippen LogP contribution is -2.04. The first-order chi connectivity index (χ1) is 9.24. The van der Waals surface area contributed by atoms with Gasteiger partial charge in [-0.25, -0.2) is 4.98 Å². The maximum atomic E-state index is 11.2. The van der Waals surface area contributed by atoms with Crippen LogP contribution in [0.15, 0.2) is 47.7 Å². The second-order valence-electron chi connectivity index (χ2n) is 3.90. The molecule has 2 heterocycles. The lowest BCUT2D eigenvalue weighted by atomic mass is 10.2. The van der Waals surface area contributed by atoms with Gasteiger partial charge in [0.2, 0.25) is 5.88 Å². The predicted octanol–water partition coefficient (Wildman–Crippen LogP) is 1.69. The van der Waals surface area contributed by atoms with E-state index in [9.17, 15) is 4.79 Å². The lowest BCUT2D eigenvalue weighted by molar-refractivity contribution is 0.465. The van der Waals surface area contributed by atoms with Gasteiger partial charge in [-0.05, 0) is 24.3 Å². The zero-order valence-electron chi connectivity index (χ0n) is 9.83. The highest BCUT2D eigenvalue weighted by atomic mass is 16.5. The summed E-state index contributed by atoms with van der Waals surface area (Å²) >= 11 is 0. The molecule has 0 radical (unpaired) electrons. The summed E-state index contributed by atoms with van der Waals surface area (Å²) in [7, 11) is 0. The third-order valence-electron chi connectivity index (χ3n) is 2.63. The van der Waals surface area contributed by atoms with Crippen molar-refractivity contribution in [3.8, 4) is 11.6 Å². The number of ether oxygens (including phenoxy) is 1. The van der Waals surface area contributed by atoms with Crippen LogP contribution >= 0.6 is 0 Å². The van der Waals surface area contributed by atoms with Crippen molar-refractivity contribution in [1.82, 2.24) is 15.0 Å². The molecule has 0 aliphatic heterocycles. The summed E-state index contributed by atoms with van der Waals surface area (Å²) in [6, 6.07) is 8.35. The van der Waals surface area contributed by atoms with E-state index in [0.29, 0.717) is 17.0 Å². The number of hydrogen-bond donors (Lipinski definition) is 2. The van der Waals surface area contributed by atoms with E-state index >= 15 is 0 Å². The Morgan fingerprint density at radius 1 is 1.21 bits per heavy atom. The number of aromatic nitrogens is 3. The van der Waals surface area contributed by atoms with Gasteiger partial charge < -0.3 is 15.5 Å². The molecule has 0 spiro atoms. The SMILES string of the molecule is Nc1ccc(Oc2cc(=O)[nH]cn2)c2cccnc12. The quantitative estimate of drug-likeness (QED) is 0.679. The molecule has 0 atom stereocenters. The van der Waals surface area contributed by atoms with Crippen molar-refractivity contribution in [3.05, 3.63) is 53.2 Å². The molecular weight excluding hydrogens is 244 g/mol. The van der Waals surface area contributed by atoms with E-state index in [1.807, 2.05) is 6.07 Å². The summed E-state index contributed by atoms with van der Waals surface area (Å²) in [4.78, 5) is 21.8. The van der Waals surface area contributed by atoms with Gasteiger partial charge in [-0.1, -0.05) is 0 Å². The van der Waals surface area contributed by atoms with Gasteiger partial charge in [0.1, 0.15) is 5.75 Å². The maximum Gasteiger partial charge on any atom is 0.254 e. The van der Waals surface area contributed by atoms with Gasteiger partial charge in [0.25, 0.3) is 5.56 Å². The van der Waals surface area contributed by atoms with Crippen LogP contribution in [0.2, 0.25) is 0 Å². The molecule has 3 aromatic rings. The first-order valence-electron chi connectivity index (χ1n) is 5.60. The number of rotatable bonds is 2. The van der Waals surface area contributed by atoms with Crippen LogP contribution in [0.4, 0.5) is 5.69 Å². The zero-order valence-corrected chi connectivity index (χ0v) is 9.83. The number of H-pyrrole nitrogens is 1. The number of fused-ring (bicyclic) bond motifs is 1. The smallest absolute Gasteiger partial charge is 0.254 e. The molecule has 0 bridgehead atoms. The number of aromatic amines is 1. The Hall–Kier alpha value is -2.89. The number of nitrogens with zero attached hydrogens (tertiary/aromatic N) is 2. The van der Waals surface area contributed by atoms with Crippen molar-refractivity contribution in [1.29, 1.82) is 0 Å². The van der Waals surface area contributed by atoms with Crippen molar-refractivity contribution in [2.75, 3.05) is 5.73 Å². The molecule has 1 aromatic carbocycles. The highest BCUT2D eigenvalue weighted by Gasteiger charge is 2.07. The molecule has 0 amide bonds. The maximum absolute atomic E-state index is 11.2. The van der Waals surface area contributed by atoms with Crippen molar-refractivity contribution < 1.29 is 4.74 Å². The number of benzene rings is 1. The summed E-state index contributed by atoms with van der Waals surface area (Å²) in [6.07, 6.45) is 2.95. The Morgan fingerprint density at radius 2 is 2.11 bits per heavy atom. The first kappa shape index (κ1) is 11.2. The molecule has 0 aliphatic rings. The van der Waals surface area contributed by atoms with E-state index in [1.165, 1.54) is 12.4 Å². The summed E-state index contributed by atoms with van der Waals surface area (Å²) in [6.45, 7) is 0. The molecule has 0 fully saturated rings. The minimum Gasteiger partial charge on any atom is -0.438 e. The number of hydrogen-bond acceptors (Lipinski definition) is 5. The Morgan fingerprint density at radius 3 is 2.95 bits per heavy atom. The van der Waals surface area contributed by atoms with Gasteiger partial charge in [0.05, 0.1) is 23.6 Å². The van der Waals surface area contributed by atoms with Crippen LogP contribution in [-0.4, -0.2) is 15.0 Å². The van der Waals surface area contributed by atoms with Crippen molar-refractivity contribution >= 4 is 16.6 Å². The van der Waals surface area contributed by atoms with Crippen LogP contribution in [0, 0.1) is 0 Å². The predicted molar refractivity (Wildman–Crippen MR) is 71.1 cm³/mol. The fraction of sp³-hybridized carbons (Fsp3) is 0. The topological polar surface area (TPSA) is 93.9 Å². The third-order valence-corrected chi connectivity index (χ3v) is 2.63.